The highest BCUT2D eigenvalue weighted by atomic mass is 32.2. The molecule has 2 heterocycles. The Bertz CT molecular complexity index is 851. The van der Waals surface area contributed by atoms with Crippen molar-refractivity contribution in [1.82, 2.24) is 4.98 Å². The van der Waals surface area contributed by atoms with Crippen LogP contribution in [0.3, 0.4) is 0 Å². The number of carbonyl (C=O) groups is 1. The average molecular weight is 303 g/mol. The molecule has 0 aliphatic heterocycles. The molecule has 3 aromatic rings. The fourth-order valence-electron chi connectivity index (χ4n) is 1.85. The standard InChI is InChI=1S/C14H9NO3S2/c16-13-10-4-2-1-3-8(10)5-12(15-13)20-9-6-11(14(17)18)19-7-9/h1-7H,(H,15,16)(H,17,18). The van der Waals surface area contributed by atoms with Gasteiger partial charge >= 0.3 is 5.97 Å². The average Bonchev–Trinajstić information content (AvgIpc) is 2.87. The molecule has 2 aromatic heterocycles. The maximum atomic E-state index is 11.9. The zero-order chi connectivity index (χ0) is 14.1. The minimum atomic E-state index is -0.936. The van der Waals surface area contributed by atoms with Gasteiger partial charge in [-0.15, -0.1) is 11.3 Å². The fourth-order valence-corrected chi connectivity index (χ4v) is 3.63. The second kappa shape index (κ2) is 5.15. The molecule has 0 bridgehead atoms. The second-order valence-electron chi connectivity index (χ2n) is 4.10. The SMILES string of the molecule is O=C(O)c1cc(Sc2cc3ccccc3c(=O)[nH]2)cs1. The summed E-state index contributed by atoms with van der Waals surface area (Å²) in [5.41, 5.74) is -0.140. The van der Waals surface area contributed by atoms with E-state index in [1.165, 1.54) is 23.1 Å². The Morgan fingerprint density at radius 1 is 1.25 bits per heavy atom. The lowest BCUT2D eigenvalue weighted by Crippen LogP contribution is -2.06. The molecule has 3 rings (SSSR count). The summed E-state index contributed by atoms with van der Waals surface area (Å²) in [5, 5.41) is 12.9. The molecule has 20 heavy (non-hydrogen) atoms. The van der Waals surface area contributed by atoms with Crippen LogP contribution < -0.4 is 5.56 Å². The minimum Gasteiger partial charge on any atom is -0.477 e. The quantitative estimate of drug-likeness (QED) is 0.777. The van der Waals surface area contributed by atoms with Crippen LogP contribution in [-0.2, 0) is 0 Å². The van der Waals surface area contributed by atoms with Crippen LogP contribution in [0.25, 0.3) is 10.8 Å². The maximum Gasteiger partial charge on any atom is 0.345 e. The highest BCUT2D eigenvalue weighted by molar-refractivity contribution is 7.99. The zero-order valence-corrected chi connectivity index (χ0v) is 11.8. The van der Waals surface area contributed by atoms with Crippen LogP contribution in [0.15, 0.2) is 56.5 Å². The number of hydrogen-bond acceptors (Lipinski definition) is 4. The van der Waals surface area contributed by atoms with E-state index in [-0.39, 0.29) is 10.4 Å². The van der Waals surface area contributed by atoms with Crippen LogP contribution >= 0.6 is 23.1 Å². The van der Waals surface area contributed by atoms with E-state index in [4.69, 9.17) is 5.11 Å². The van der Waals surface area contributed by atoms with Gasteiger partial charge in [0.1, 0.15) is 4.88 Å². The summed E-state index contributed by atoms with van der Waals surface area (Å²) < 4.78 is 0. The Kier molecular flexibility index (Phi) is 3.33. The Balaban J connectivity index is 1.98. The number of aromatic carboxylic acids is 1. The third kappa shape index (κ3) is 2.48. The Labute approximate surface area is 122 Å². The topological polar surface area (TPSA) is 70.2 Å². The van der Waals surface area contributed by atoms with E-state index in [0.29, 0.717) is 10.4 Å². The third-order valence-corrected chi connectivity index (χ3v) is 4.72. The van der Waals surface area contributed by atoms with E-state index < -0.39 is 5.97 Å². The maximum absolute atomic E-state index is 11.9. The summed E-state index contributed by atoms with van der Waals surface area (Å²) in [6.07, 6.45) is 0. The summed E-state index contributed by atoms with van der Waals surface area (Å²) >= 11 is 2.52. The molecule has 0 saturated heterocycles. The highest BCUT2D eigenvalue weighted by Crippen LogP contribution is 2.30. The molecule has 0 aliphatic rings. The number of aromatic amines is 1. The molecular weight excluding hydrogens is 294 g/mol. The van der Waals surface area contributed by atoms with Crippen molar-refractivity contribution < 1.29 is 9.90 Å². The molecule has 0 radical (unpaired) electrons. The van der Waals surface area contributed by atoms with Gasteiger partial charge in [0.15, 0.2) is 0 Å². The van der Waals surface area contributed by atoms with Crippen molar-refractivity contribution in [3.05, 3.63) is 57.0 Å². The Hall–Kier alpha value is -2.05. The molecule has 2 N–H and O–H groups in total. The lowest BCUT2D eigenvalue weighted by Gasteiger charge is -2.01. The van der Waals surface area contributed by atoms with Crippen molar-refractivity contribution in [3.63, 3.8) is 0 Å². The first-order valence-corrected chi connectivity index (χ1v) is 7.45. The summed E-state index contributed by atoms with van der Waals surface area (Å²) in [5.74, 6) is -0.936. The van der Waals surface area contributed by atoms with Gasteiger partial charge in [0, 0.05) is 15.7 Å². The zero-order valence-electron chi connectivity index (χ0n) is 10.1. The van der Waals surface area contributed by atoms with Crippen LogP contribution in [0, 0.1) is 0 Å². The number of nitrogens with one attached hydrogen (secondary N) is 1. The Morgan fingerprint density at radius 2 is 2.05 bits per heavy atom. The van der Waals surface area contributed by atoms with Crippen LogP contribution in [0.5, 0.6) is 0 Å². The number of hydrogen-bond donors (Lipinski definition) is 2. The van der Waals surface area contributed by atoms with E-state index in [0.717, 1.165) is 10.3 Å². The van der Waals surface area contributed by atoms with E-state index in [9.17, 15) is 9.59 Å². The van der Waals surface area contributed by atoms with Gasteiger partial charge in [-0.3, -0.25) is 4.79 Å². The van der Waals surface area contributed by atoms with Gasteiger partial charge < -0.3 is 10.1 Å². The molecule has 0 fully saturated rings. The molecule has 1 aromatic carbocycles. The molecule has 4 nitrogen and oxygen atoms in total. The van der Waals surface area contributed by atoms with Gasteiger partial charge in [-0.25, -0.2) is 4.79 Å². The molecule has 0 aliphatic carbocycles. The monoisotopic (exact) mass is 303 g/mol. The number of carboxylic acid groups (broad SMARTS) is 1. The van der Waals surface area contributed by atoms with Crippen molar-refractivity contribution in [2.75, 3.05) is 0 Å². The molecule has 0 spiro atoms. The van der Waals surface area contributed by atoms with Gasteiger partial charge in [-0.2, -0.15) is 0 Å². The lowest BCUT2D eigenvalue weighted by atomic mass is 10.2. The number of fused-ring (bicyclic) bond motifs is 1. The summed E-state index contributed by atoms with van der Waals surface area (Å²) in [4.78, 5) is 26.7. The predicted molar refractivity (Wildman–Crippen MR) is 80.0 cm³/mol. The number of thiophene rings is 1. The van der Waals surface area contributed by atoms with E-state index in [1.807, 2.05) is 24.3 Å². The third-order valence-electron chi connectivity index (χ3n) is 2.74. The highest BCUT2D eigenvalue weighted by Gasteiger charge is 2.09. The molecule has 100 valence electrons. The van der Waals surface area contributed by atoms with Gasteiger partial charge in [0.25, 0.3) is 5.56 Å². The van der Waals surface area contributed by atoms with Crippen molar-refractivity contribution >= 4 is 39.8 Å². The molecule has 0 amide bonds. The van der Waals surface area contributed by atoms with E-state index >= 15 is 0 Å². The number of aromatic nitrogens is 1. The van der Waals surface area contributed by atoms with Crippen LogP contribution in [0.2, 0.25) is 0 Å². The number of H-pyrrole nitrogens is 1. The number of pyridine rings is 1. The number of benzene rings is 1. The van der Waals surface area contributed by atoms with Crippen LogP contribution in [0.1, 0.15) is 9.67 Å². The van der Waals surface area contributed by atoms with Gasteiger partial charge in [0.05, 0.1) is 5.03 Å². The van der Waals surface area contributed by atoms with Crippen molar-refractivity contribution in [2.24, 2.45) is 0 Å². The first-order chi connectivity index (χ1) is 9.63. The van der Waals surface area contributed by atoms with Crippen LogP contribution in [0.4, 0.5) is 0 Å². The van der Waals surface area contributed by atoms with Gasteiger partial charge in [-0.1, -0.05) is 30.0 Å². The number of carboxylic acids is 1. The molecule has 0 unspecified atom stereocenters. The largest absolute Gasteiger partial charge is 0.477 e. The molecular formula is C14H9NO3S2. The van der Waals surface area contributed by atoms with Crippen molar-refractivity contribution in [2.45, 2.75) is 9.92 Å². The minimum absolute atomic E-state index is 0.140. The molecule has 0 saturated carbocycles. The smallest absolute Gasteiger partial charge is 0.345 e. The predicted octanol–water partition coefficient (Wildman–Crippen LogP) is 3.44. The number of rotatable bonds is 3. The Morgan fingerprint density at radius 3 is 2.80 bits per heavy atom. The first kappa shape index (κ1) is 13.0. The summed E-state index contributed by atoms with van der Waals surface area (Å²) in [6.45, 7) is 0. The first-order valence-electron chi connectivity index (χ1n) is 5.75. The second-order valence-corrected chi connectivity index (χ2v) is 6.13. The normalized spacial score (nSPS) is 10.8. The molecule has 0 atom stereocenters. The van der Waals surface area contributed by atoms with Gasteiger partial charge in [0.2, 0.25) is 0 Å². The van der Waals surface area contributed by atoms with E-state index in [1.54, 1.807) is 17.5 Å². The van der Waals surface area contributed by atoms with Gasteiger partial charge in [-0.05, 0) is 23.6 Å². The van der Waals surface area contributed by atoms with Crippen LogP contribution in [-0.4, -0.2) is 16.1 Å². The fraction of sp³-hybridized carbons (Fsp3) is 0. The lowest BCUT2D eigenvalue weighted by molar-refractivity contribution is 0.0702. The van der Waals surface area contributed by atoms with Crippen molar-refractivity contribution in [1.29, 1.82) is 0 Å². The summed E-state index contributed by atoms with van der Waals surface area (Å²) in [7, 11) is 0. The van der Waals surface area contributed by atoms with Crippen molar-refractivity contribution in [3.8, 4) is 0 Å². The molecule has 6 heteroatoms. The van der Waals surface area contributed by atoms with E-state index in [2.05, 4.69) is 4.98 Å². The summed E-state index contributed by atoms with van der Waals surface area (Å²) in [6, 6.07) is 10.8.